The van der Waals surface area contributed by atoms with Crippen molar-refractivity contribution in [2.45, 2.75) is 6.61 Å². The summed E-state index contributed by atoms with van der Waals surface area (Å²) in [7, 11) is 0. The number of para-hydroxylation sites is 1. The highest BCUT2D eigenvalue weighted by atomic mass is 35.5. The van der Waals surface area contributed by atoms with Crippen LogP contribution < -0.4 is 10.1 Å². The lowest BCUT2D eigenvalue weighted by Gasteiger charge is -2.10. The van der Waals surface area contributed by atoms with E-state index in [1.54, 1.807) is 48.5 Å². The summed E-state index contributed by atoms with van der Waals surface area (Å²) in [6.45, 7) is 0.334. The smallest absolute Gasteiger partial charge is 0.266 e. The Labute approximate surface area is 179 Å². The molecule has 0 aliphatic heterocycles. The van der Waals surface area contributed by atoms with Crippen LogP contribution in [0.3, 0.4) is 0 Å². The van der Waals surface area contributed by atoms with E-state index in [9.17, 15) is 10.1 Å². The minimum absolute atomic E-state index is 0.0394. The highest BCUT2D eigenvalue weighted by molar-refractivity contribution is 6.30. The molecule has 0 saturated heterocycles. The van der Waals surface area contributed by atoms with E-state index in [1.165, 1.54) is 6.08 Å². The molecule has 6 heteroatoms. The average molecular weight is 423 g/mol. The van der Waals surface area contributed by atoms with Crippen molar-refractivity contribution in [2.24, 2.45) is 0 Å². The van der Waals surface area contributed by atoms with Gasteiger partial charge in [0.15, 0.2) is 0 Å². The Bertz CT molecular complexity index is 1070. The lowest BCUT2D eigenvalue weighted by Crippen LogP contribution is -2.13. The zero-order chi connectivity index (χ0) is 20.6. The number of hydrogen-bond donors (Lipinski definition) is 1. The van der Waals surface area contributed by atoms with E-state index >= 15 is 0 Å². The van der Waals surface area contributed by atoms with Crippen LogP contribution in [-0.4, -0.2) is 5.91 Å². The van der Waals surface area contributed by atoms with Crippen LogP contribution in [0.4, 0.5) is 5.69 Å². The van der Waals surface area contributed by atoms with Crippen molar-refractivity contribution in [1.29, 1.82) is 5.26 Å². The van der Waals surface area contributed by atoms with Crippen molar-refractivity contribution < 1.29 is 9.53 Å². The zero-order valence-electron chi connectivity index (χ0n) is 15.2. The van der Waals surface area contributed by atoms with Gasteiger partial charge in [-0.1, -0.05) is 53.5 Å². The first kappa shape index (κ1) is 20.5. The normalized spacial score (nSPS) is 10.9. The molecule has 0 heterocycles. The zero-order valence-corrected chi connectivity index (χ0v) is 16.7. The standard InChI is InChI=1S/C23H16Cl2N2O2/c24-19-7-5-16(6-8-19)15-29-22-4-2-1-3-17(22)13-18(14-26)23(28)27-21-11-9-20(25)10-12-21/h1-13H,15H2,(H,27,28)/b18-13+. The summed E-state index contributed by atoms with van der Waals surface area (Å²) in [5.41, 5.74) is 2.09. The number of nitriles is 1. The van der Waals surface area contributed by atoms with Crippen LogP contribution >= 0.6 is 23.2 Å². The van der Waals surface area contributed by atoms with E-state index in [-0.39, 0.29) is 5.57 Å². The molecule has 0 spiro atoms. The van der Waals surface area contributed by atoms with Gasteiger partial charge >= 0.3 is 0 Å². The molecule has 0 saturated carbocycles. The molecule has 4 nitrogen and oxygen atoms in total. The highest BCUT2D eigenvalue weighted by Gasteiger charge is 2.11. The minimum atomic E-state index is -0.512. The maximum absolute atomic E-state index is 12.5. The van der Waals surface area contributed by atoms with Gasteiger partial charge in [0, 0.05) is 21.3 Å². The molecule has 29 heavy (non-hydrogen) atoms. The lowest BCUT2D eigenvalue weighted by atomic mass is 10.1. The second-order valence-corrected chi connectivity index (χ2v) is 6.96. The van der Waals surface area contributed by atoms with Crippen molar-refractivity contribution in [3.8, 4) is 11.8 Å². The predicted molar refractivity (Wildman–Crippen MR) is 116 cm³/mol. The largest absolute Gasteiger partial charge is 0.488 e. The number of carbonyl (C=O) groups is 1. The van der Waals surface area contributed by atoms with Gasteiger partial charge in [0.1, 0.15) is 24.0 Å². The third kappa shape index (κ3) is 5.86. The second-order valence-electron chi connectivity index (χ2n) is 6.08. The molecule has 1 amide bonds. The van der Waals surface area contributed by atoms with Gasteiger partial charge in [0.05, 0.1) is 0 Å². The van der Waals surface area contributed by atoms with Crippen LogP contribution in [0.15, 0.2) is 78.4 Å². The van der Waals surface area contributed by atoms with E-state index < -0.39 is 5.91 Å². The first-order valence-electron chi connectivity index (χ1n) is 8.70. The second kappa shape index (κ2) is 9.79. The number of anilines is 1. The Morgan fingerprint density at radius 1 is 0.966 bits per heavy atom. The SMILES string of the molecule is N#C/C(=C\c1ccccc1OCc1ccc(Cl)cc1)C(=O)Nc1ccc(Cl)cc1. The van der Waals surface area contributed by atoms with Crippen LogP contribution in [0.25, 0.3) is 6.08 Å². The van der Waals surface area contributed by atoms with Gasteiger partial charge in [-0.15, -0.1) is 0 Å². The Balaban J connectivity index is 1.76. The molecular formula is C23H16Cl2N2O2. The van der Waals surface area contributed by atoms with Gasteiger partial charge in [-0.05, 0) is 54.1 Å². The molecule has 0 unspecified atom stereocenters. The third-order valence-corrected chi connectivity index (χ3v) is 4.50. The third-order valence-electron chi connectivity index (χ3n) is 3.99. The molecule has 0 aliphatic rings. The fourth-order valence-corrected chi connectivity index (χ4v) is 2.76. The Hall–Kier alpha value is -3.26. The van der Waals surface area contributed by atoms with E-state index in [0.717, 1.165) is 5.56 Å². The summed E-state index contributed by atoms with van der Waals surface area (Å²) in [5.74, 6) is 0.0526. The summed E-state index contributed by atoms with van der Waals surface area (Å²) in [6, 6.07) is 23.1. The highest BCUT2D eigenvalue weighted by Crippen LogP contribution is 2.23. The van der Waals surface area contributed by atoms with E-state index in [0.29, 0.717) is 33.7 Å². The van der Waals surface area contributed by atoms with Gasteiger partial charge in [-0.2, -0.15) is 5.26 Å². The van der Waals surface area contributed by atoms with Crippen LogP contribution in [0.5, 0.6) is 5.75 Å². The molecule has 3 rings (SSSR count). The first-order valence-corrected chi connectivity index (χ1v) is 9.46. The summed E-state index contributed by atoms with van der Waals surface area (Å²) >= 11 is 11.7. The molecule has 3 aromatic carbocycles. The van der Waals surface area contributed by atoms with Gasteiger partial charge in [-0.25, -0.2) is 0 Å². The molecule has 0 aliphatic carbocycles. The number of ether oxygens (including phenoxy) is 1. The van der Waals surface area contributed by atoms with Crippen molar-refractivity contribution in [3.63, 3.8) is 0 Å². The lowest BCUT2D eigenvalue weighted by molar-refractivity contribution is -0.112. The Kier molecular flexibility index (Phi) is 6.91. The Morgan fingerprint density at radius 3 is 2.24 bits per heavy atom. The predicted octanol–water partition coefficient (Wildman–Crippen LogP) is 6.12. The number of hydrogen-bond acceptors (Lipinski definition) is 3. The fourth-order valence-electron chi connectivity index (χ4n) is 2.51. The van der Waals surface area contributed by atoms with Crippen molar-refractivity contribution in [2.75, 3.05) is 5.32 Å². The van der Waals surface area contributed by atoms with E-state index in [4.69, 9.17) is 27.9 Å². The van der Waals surface area contributed by atoms with Crippen molar-refractivity contribution in [3.05, 3.63) is 99.5 Å². The van der Waals surface area contributed by atoms with E-state index in [2.05, 4.69) is 5.32 Å². The molecule has 1 N–H and O–H groups in total. The quantitative estimate of drug-likeness (QED) is 0.384. The summed E-state index contributed by atoms with van der Waals surface area (Å²) in [4.78, 5) is 12.5. The van der Waals surface area contributed by atoms with Crippen LogP contribution in [0.2, 0.25) is 10.0 Å². The molecule has 3 aromatic rings. The molecule has 0 radical (unpaired) electrons. The number of carbonyl (C=O) groups excluding carboxylic acids is 1. The molecule has 144 valence electrons. The minimum Gasteiger partial charge on any atom is -0.488 e. The van der Waals surface area contributed by atoms with E-state index in [1.807, 2.05) is 30.3 Å². The number of benzene rings is 3. The molecule has 0 aromatic heterocycles. The summed E-state index contributed by atoms with van der Waals surface area (Å²) < 4.78 is 5.88. The van der Waals surface area contributed by atoms with Gasteiger partial charge in [-0.3, -0.25) is 4.79 Å². The molecule has 0 fully saturated rings. The Morgan fingerprint density at radius 2 is 1.59 bits per heavy atom. The monoisotopic (exact) mass is 422 g/mol. The first-order chi connectivity index (χ1) is 14.0. The maximum atomic E-state index is 12.5. The van der Waals surface area contributed by atoms with Crippen LogP contribution in [0, 0.1) is 11.3 Å². The number of rotatable bonds is 6. The number of nitrogens with one attached hydrogen (secondary N) is 1. The van der Waals surface area contributed by atoms with Crippen LogP contribution in [0.1, 0.15) is 11.1 Å². The topological polar surface area (TPSA) is 62.1 Å². The van der Waals surface area contributed by atoms with Gasteiger partial charge < -0.3 is 10.1 Å². The number of amides is 1. The van der Waals surface area contributed by atoms with Gasteiger partial charge in [0.2, 0.25) is 0 Å². The number of halogens is 2. The van der Waals surface area contributed by atoms with Gasteiger partial charge in [0.25, 0.3) is 5.91 Å². The maximum Gasteiger partial charge on any atom is 0.266 e. The average Bonchev–Trinajstić information content (AvgIpc) is 2.74. The number of nitrogens with zero attached hydrogens (tertiary/aromatic N) is 1. The fraction of sp³-hybridized carbons (Fsp3) is 0.0435. The van der Waals surface area contributed by atoms with Crippen molar-refractivity contribution >= 4 is 40.9 Å². The molecule has 0 bridgehead atoms. The summed E-state index contributed by atoms with van der Waals surface area (Å²) in [6.07, 6.45) is 1.50. The molecular weight excluding hydrogens is 407 g/mol. The van der Waals surface area contributed by atoms with Crippen molar-refractivity contribution in [1.82, 2.24) is 0 Å². The summed E-state index contributed by atoms with van der Waals surface area (Å²) in [5, 5.41) is 13.3. The molecule has 0 atom stereocenters. The van der Waals surface area contributed by atoms with Crippen LogP contribution in [-0.2, 0) is 11.4 Å².